The van der Waals surface area contributed by atoms with Crippen molar-refractivity contribution < 1.29 is 8.85 Å². The van der Waals surface area contributed by atoms with Gasteiger partial charge in [-0.3, -0.25) is 9.13 Å². The van der Waals surface area contributed by atoms with Gasteiger partial charge in [0.1, 0.15) is 0 Å². The summed E-state index contributed by atoms with van der Waals surface area (Å²) in [6.45, 7) is 4.51. The zero-order chi connectivity index (χ0) is 17.8. The first kappa shape index (κ1) is 18.6. The molecule has 144 valence electrons. The molecule has 1 atom stereocenters. The van der Waals surface area contributed by atoms with Crippen molar-refractivity contribution in [3.05, 3.63) is 35.9 Å². The van der Waals surface area contributed by atoms with Gasteiger partial charge < -0.3 is 8.85 Å². The van der Waals surface area contributed by atoms with Gasteiger partial charge in [0.2, 0.25) is 0 Å². The van der Waals surface area contributed by atoms with E-state index in [1.165, 1.54) is 56.9 Å². The van der Waals surface area contributed by atoms with Crippen LogP contribution >= 0.6 is 0 Å². The molecule has 0 N–H and O–H groups in total. The monoisotopic (exact) mass is 374 g/mol. The van der Waals surface area contributed by atoms with E-state index in [2.05, 4.69) is 39.5 Å². The fraction of sp³-hybridized carbons (Fsp3) is 0.714. The molecular weight excluding hydrogens is 340 g/mol. The van der Waals surface area contributed by atoms with Gasteiger partial charge in [0.05, 0.1) is 6.10 Å². The van der Waals surface area contributed by atoms with Gasteiger partial charge in [-0.1, -0.05) is 43.2 Å². The maximum atomic E-state index is 7.19. The summed E-state index contributed by atoms with van der Waals surface area (Å²) in [5, 5.41) is 0. The molecule has 1 saturated carbocycles. The first-order chi connectivity index (χ1) is 12.8. The van der Waals surface area contributed by atoms with Crippen molar-refractivity contribution in [3.63, 3.8) is 0 Å². The van der Waals surface area contributed by atoms with Crippen molar-refractivity contribution in [1.29, 1.82) is 0 Å². The van der Waals surface area contributed by atoms with Crippen LogP contribution in [0.3, 0.4) is 0 Å². The maximum Gasteiger partial charge on any atom is 0.522 e. The summed E-state index contributed by atoms with van der Waals surface area (Å²) >= 11 is 0. The predicted octanol–water partition coefficient (Wildman–Crippen LogP) is 4.21. The maximum absolute atomic E-state index is 7.19. The topological polar surface area (TPSA) is 24.9 Å². The Balaban J connectivity index is 1.66. The second-order valence-corrected chi connectivity index (χ2v) is 11.1. The second kappa shape index (κ2) is 8.53. The molecule has 26 heavy (non-hydrogen) atoms. The van der Waals surface area contributed by atoms with Crippen LogP contribution in [-0.2, 0) is 8.85 Å². The summed E-state index contributed by atoms with van der Waals surface area (Å²) in [5.74, 6) is 0.629. The number of hydrogen-bond acceptors (Lipinski definition) is 4. The first-order valence-electron chi connectivity index (χ1n) is 10.6. The van der Waals surface area contributed by atoms with Gasteiger partial charge >= 0.3 is 8.88 Å². The minimum atomic E-state index is -2.55. The predicted molar refractivity (Wildman–Crippen MR) is 107 cm³/mol. The molecule has 0 amide bonds. The van der Waals surface area contributed by atoms with Gasteiger partial charge in [-0.05, 0) is 76.2 Å². The largest absolute Gasteiger partial charge is 0.522 e. The molecule has 4 rings (SSSR count). The normalized spacial score (nSPS) is 24.5. The van der Waals surface area contributed by atoms with Crippen LogP contribution in [0.25, 0.3) is 0 Å². The van der Waals surface area contributed by atoms with Crippen LogP contribution in [0.4, 0.5) is 0 Å². The van der Waals surface area contributed by atoms with Gasteiger partial charge in [0, 0.05) is 7.11 Å². The Morgan fingerprint density at radius 3 is 1.88 bits per heavy atom. The zero-order valence-corrected chi connectivity index (χ0v) is 17.2. The molecule has 1 unspecified atom stereocenters. The van der Waals surface area contributed by atoms with E-state index in [1.54, 1.807) is 0 Å². The van der Waals surface area contributed by atoms with Gasteiger partial charge in [-0.25, -0.2) is 0 Å². The molecule has 0 spiro atoms. The molecule has 1 aliphatic carbocycles. The summed E-state index contributed by atoms with van der Waals surface area (Å²) in [7, 11) is -0.648. The molecule has 3 aliphatic rings. The molecule has 4 nitrogen and oxygen atoms in total. The quantitative estimate of drug-likeness (QED) is 0.668. The van der Waals surface area contributed by atoms with E-state index in [1.807, 2.05) is 7.11 Å². The number of nitrogens with zero attached hydrogens (tertiary/aromatic N) is 2. The third-order valence-electron chi connectivity index (χ3n) is 6.51. The smallest absolute Gasteiger partial charge is 0.374 e. The Morgan fingerprint density at radius 2 is 1.38 bits per heavy atom. The number of rotatable bonds is 7. The highest BCUT2D eigenvalue weighted by Crippen LogP contribution is 2.41. The van der Waals surface area contributed by atoms with E-state index in [9.17, 15) is 0 Å². The van der Waals surface area contributed by atoms with Gasteiger partial charge in [-0.2, -0.15) is 0 Å². The van der Waals surface area contributed by atoms with Crippen molar-refractivity contribution in [2.24, 2.45) is 5.92 Å². The number of benzene rings is 1. The van der Waals surface area contributed by atoms with Crippen LogP contribution in [0.2, 0.25) is 0 Å². The average molecular weight is 375 g/mol. The first-order valence-corrected chi connectivity index (χ1v) is 12.3. The van der Waals surface area contributed by atoms with Crippen molar-refractivity contribution in [3.8, 4) is 0 Å². The van der Waals surface area contributed by atoms with Crippen LogP contribution in [0.5, 0.6) is 0 Å². The Hall–Kier alpha value is -0.723. The minimum Gasteiger partial charge on any atom is -0.374 e. The Labute approximate surface area is 159 Å². The molecular formula is C21H34N2O2Si. The van der Waals surface area contributed by atoms with Crippen LogP contribution in [0, 0.1) is 5.92 Å². The van der Waals surface area contributed by atoms with Crippen LogP contribution < -0.4 is 0 Å². The molecule has 0 radical (unpaired) electrons. The highest BCUT2D eigenvalue weighted by Gasteiger charge is 2.55. The Morgan fingerprint density at radius 1 is 0.846 bits per heavy atom. The molecule has 1 aromatic carbocycles. The summed E-state index contributed by atoms with van der Waals surface area (Å²) in [4.78, 5) is 0. The van der Waals surface area contributed by atoms with Crippen LogP contribution in [0.15, 0.2) is 30.3 Å². The van der Waals surface area contributed by atoms with E-state index in [0.717, 1.165) is 26.2 Å². The molecule has 2 heterocycles. The van der Waals surface area contributed by atoms with Gasteiger partial charge in [0.15, 0.2) is 0 Å². The van der Waals surface area contributed by atoms with Crippen LogP contribution in [0.1, 0.15) is 63.0 Å². The van der Waals surface area contributed by atoms with Crippen LogP contribution in [-0.4, -0.2) is 51.3 Å². The lowest BCUT2D eigenvalue weighted by molar-refractivity contribution is 0.0192. The SMILES string of the molecule is CO[Si](OC(c1ccccc1)C1CCCC1)(N1CCCC1)N1CCCC1. The summed E-state index contributed by atoms with van der Waals surface area (Å²) in [5.41, 5.74) is 1.34. The molecule has 5 heteroatoms. The van der Waals surface area contributed by atoms with E-state index in [4.69, 9.17) is 8.85 Å². The summed E-state index contributed by atoms with van der Waals surface area (Å²) in [6, 6.07) is 10.9. The average Bonchev–Trinajstić information content (AvgIpc) is 3.46. The minimum absolute atomic E-state index is 0.173. The van der Waals surface area contributed by atoms with Crippen molar-refractivity contribution >= 4 is 8.88 Å². The lowest BCUT2D eigenvalue weighted by Gasteiger charge is -2.44. The van der Waals surface area contributed by atoms with Crippen molar-refractivity contribution in [2.45, 2.75) is 57.5 Å². The summed E-state index contributed by atoms with van der Waals surface area (Å²) in [6.07, 6.45) is 10.5. The Bertz CT molecular complexity index is 536. The second-order valence-electron chi connectivity index (χ2n) is 8.13. The molecule has 2 saturated heterocycles. The highest BCUT2D eigenvalue weighted by molar-refractivity contribution is 6.61. The van der Waals surface area contributed by atoms with Crippen molar-refractivity contribution in [2.75, 3.05) is 33.3 Å². The van der Waals surface area contributed by atoms with Gasteiger partial charge in [-0.15, -0.1) is 0 Å². The highest BCUT2D eigenvalue weighted by atomic mass is 28.4. The summed E-state index contributed by atoms with van der Waals surface area (Å²) < 4.78 is 18.8. The molecule has 2 aliphatic heterocycles. The Kier molecular flexibility index (Phi) is 6.11. The number of hydrogen-bond donors (Lipinski definition) is 0. The lowest BCUT2D eigenvalue weighted by Crippen LogP contribution is -2.68. The third-order valence-corrected chi connectivity index (χ3v) is 10.1. The van der Waals surface area contributed by atoms with Gasteiger partial charge in [0.25, 0.3) is 0 Å². The fourth-order valence-corrected chi connectivity index (χ4v) is 8.89. The molecule has 0 bridgehead atoms. The zero-order valence-electron chi connectivity index (χ0n) is 16.2. The molecule has 0 aromatic heterocycles. The standard InChI is InChI=1S/C21H34N2O2Si/c1-24-26(22-15-7-8-16-22,23-17-9-10-18-23)25-21(20-13-5-6-14-20)19-11-3-2-4-12-19/h2-4,11-12,20-21H,5-10,13-18H2,1H3. The van der Waals surface area contributed by atoms with Crippen molar-refractivity contribution in [1.82, 2.24) is 9.13 Å². The third kappa shape index (κ3) is 3.65. The lowest BCUT2D eigenvalue weighted by atomic mass is 9.95. The van der Waals surface area contributed by atoms with E-state index in [0.29, 0.717) is 5.92 Å². The van der Waals surface area contributed by atoms with E-state index < -0.39 is 8.88 Å². The fourth-order valence-electron chi connectivity index (χ4n) is 5.16. The molecule has 1 aromatic rings. The molecule has 3 fully saturated rings. The van der Waals surface area contributed by atoms with E-state index in [-0.39, 0.29) is 6.10 Å². The van der Waals surface area contributed by atoms with E-state index >= 15 is 0 Å².